The standard InChI is InChI=1S/C20H23FN2.2C2H2O4/c1-22-12-16-8-9-18-17-5-3-2-4-13(17)10-14-6-7-15(21)11-19(14)20(18)23-16;2*3-1(4)2(5)6/h2-7,11,16,18,20,22-23H,8-10,12H2,1H3;2*(H,3,4)(H,5,6)/t16-,18-,20+;;/m1../s1. The molecular formula is C24H27FN2O8. The molecule has 3 atom stereocenters. The van der Waals surface area contributed by atoms with E-state index in [9.17, 15) is 4.39 Å². The number of likely N-dealkylation sites (N-methyl/N-ethyl adjacent to an activating group) is 1. The second-order valence-corrected chi connectivity index (χ2v) is 8.02. The Morgan fingerprint density at radius 1 is 0.886 bits per heavy atom. The Labute approximate surface area is 200 Å². The fraction of sp³-hybridized carbons (Fsp3) is 0.333. The van der Waals surface area contributed by atoms with E-state index in [0.717, 1.165) is 31.4 Å². The van der Waals surface area contributed by atoms with Crippen molar-refractivity contribution in [3.8, 4) is 0 Å². The van der Waals surface area contributed by atoms with Crippen LogP contribution in [0.1, 0.15) is 47.1 Å². The summed E-state index contributed by atoms with van der Waals surface area (Å²) < 4.78 is 13.9. The van der Waals surface area contributed by atoms with Crippen LogP contribution in [0.2, 0.25) is 0 Å². The fourth-order valence-corrected chi connectivity index (χ4v) is 4.33. The van der Waals surface area contributed by atoms with Gasteiger partial charge in [0.15, 0.2) is 0 Å². The Balaban J connectivity index is 0.000000301. The molecule has 1 aliphatic heterocycles. The number of nitrogens with one attached hydrogen (secondary N) is 2. The van der Waals surface area contributed by atoms with Gasteiger partial charge in [0, 0.05) is 24.5 Å². The number of hydrogen-bond acceptors (Lipinski definition) is 6. The van der Waals surface area contributed by atoms with Gasteiger partial charge < -0.3 is 31.1 Å². The number of carboxylic acids is 4. The summed E-state index contributed by atoms with van der Waals surface area (Å²) in [6, 6.07) is 14.7. The summed E-state index contributed by atoms with van der Waals surface area (Å²) in [6.45, 7) is 0.954. The first-order valence-electron chi connectivity index (χ1n) is 10.7. The van der Waals surface area contributed by atoms with E-state index in [1.54, 1.807) is 12.1 Å². The van der Waals surface area contributed by atoms with E-state index in [1.807, 2.05) is 13.1 Å². The summed E-state index contributed by atoms with van der Waals surface area (Å²) in [6.07, 6.45) is 3.20. The predicted octanol–water partition coefficient (Wildman–Crippen LogP) is 1.84. The van der Waals surface area contributed by atoms with E-state index >= 15 is 0 Å². The Kier molecular flexibility index (Phi) is 9.86. The molecule has 35 heavy (non-hydrogen) atoms. The molecule has 0 spiro atoms. The van der Waals surface area contributed by atoms with Gasteiger partial charge in [-0.1, -0.05) is 30.3 Å². The van der Waals surface area contributed by atoms with Gasteiger partial charge in [-0.15, -0.1) is 0 Å². The van der Waals surface area contributed by atoms with Crippen molar-refractivity contribution in [2.45, 2.75) is 37.3 Å². The van der Waals surface area contributed by atoms with Crippen molar-refractivity contribution in [2.75, 3.05) is 13.6 Å². The lowest BCUT2D eigenvalue weighted by Crippen LogP contribution is -2.45. The molecule has 1 aliphatic carbocycles. The van der Waals surface area contributed by atoms with Crippen LogP contribution in [0.15, 0.2) is 42.5 Å². The van der Waals surface area contributed by atoms with E-state index in [2.05, 4.69) is 34.9 Å². The fourth-order valence-electron chi connectivity index (χ4n) is 4.33. The van der Waals surface area contributed by atoms with Crippen molar-refractivity contribution in [2.24, 2.45) is 0 Å². The number of piperidine rings is 1. The van der Waals surface area contributed by atoms with Crippen molar-refractivity contribution in [3.05, 3.63) is 70.5 Å². The van der Waals surface area contributed by atoms with Crippen molar-refractivity contribution in [1.29, 1.82) is 0 Å². The van der Waals surface area contributed by atoms with Gasteiger partial charge in [0.05, 0.1) is 0 Å². The number of rotatable bonds is 2. The highest BCUT2D eigenvalue weighted by Crippen LogP contribution is 2.44. The molecule has 0 saturated carbocycles. The van der Waals surface area contributed by atoms with E-state index in [1.165, 1.54) is 16.7 Å². The van der Waals surface area contributed by atoms with Crippen molar-refractivity contribution >= 4 is 23.9 Å². The molecule has 2 aromatic rings. The van der Waals surface area contributed by atoms with Gasteiger partial charge in [-0.05, 0) is 60.7 Å². The zero-order valence-electron chi connectivity index (χ0n) is 18.9. The third kappa shape index (κ3) is 7.59. The van der Waals surface area contributed by atoms with Gasteiger partial charge in [0.25, 0.3) is 0 Å². The minimum atomic E-state index is -1.82. The van der Waals surface area contributed by atoms with Crippen LogP contribution >= 0.6 is 0 Å². The third-order valence-electron chi connectivity index (χ3n) is 5.74. The Morgan fingerprint density at radius 3 is 2.03 bits per heavy atom. The van der Waals surface area contributed by atoms with Gasteiger partial charge in [-0.2, -0.15) is 0 Å². The smallest absolute Gasteiger partial charge is 0.414 e. The molecule has 0 radical (unpaired) electrons. The molecule has 1 fully saturated rings. The summed E-state index contributed by atoms with van der Waals surface area (Å²) in [7, 11) is 1.99. The number of carbonyl (C=O) groups is 4. The van der Waals surface area contributed by atoms with Gasteiger partial charge in [0.2, 0.25) is 0 Å². The van der Waals surface area contributed by atoms with Gasteiger partial charge >= 0.3 is 23.9 Å². The van der Waals surface area contributed by atoms with Crippen LogP contribution in [0.25, 0.3) is 0 Å². The van der Waals surface area contributed by atoms with Crippen molar-refractivity contribution < 1.29 is 44.0 Å². The van der Waals surface area contributed by atoms with Gasteiger partial charge in [-0.3, -0.25) is 0 Å². The molecular weight excluding hydrogens is 463 g/mol. The Hall–Kier alpha value is -3.83. The lowest BCUT2D eigenvalue weighted by atomic mass is 9.79. The molecule has 4 rings (SSSR count). The summed E-state index contributed by atoms with van der Waals surface area (Å²) >= 11 is 0. The van der Waals surface area contributed by atoms with E-state index < -0.39 is 23.9 Å². The summed E-state index contributed by atoms with van der Waals surface area (Å²) in [5.74, 6) is -7.00. The first kappa shape index (κ1) is 27.4. The molecule has 0 bridgehead atoms. The first-order valence-corrected chi connectivity index (χ1v) is 10.7. The number of carboxylic acid groups (broad SMARTS) is 4. The minimum Gasteiger partial charge on any atom is -0.473 e. The van der Waals surface area contributed by atoms with Crippen LogP contribution in [0, 0.1) is 5.82 Å². The maximum absolute atomic E-state index is 13.9. The zero-order chi connectivity index (χ0) is 26.1. The van der Waals surface area contributed by atoms with E-state index in [4.69, 9.17) is 39.6 Å². The van der Waals surface area contributed by atoms with Crippen LogP contribution in [-0.2, 0) is 25.6 Å². The van der Waals surface area contributed by atoms with Crippen molar-refractivity contribution in [3.63, 3.8) is 0 Å². The van der Waals surface area contributed by atoms with Crippen molar-refractivity contribution in [1.82, 2.24) is 10.6 Å². The lowest BCUT2D eigenvalue weighted by Gasteiger charge is -2.38. The highest BCUT2D eigenvalue weighted by molar-refractivity contribution is 6.27. The summed E-state index contributed by atoms with van der Waals surface area (Å²) in [5, 5.41) is 36.6. The predicted molar refractivity (Wildman–Crippen MR) is 122 cm³/mol. The molecule has 10 nitrogen and oxygen atoms in total. The molecule has 0 amide bonds. The number of aliphatic carboxylic acids is 4. The normalized spacial score (nSPS) is 19.5. The largest absolute Gasteiger partial charge is 0.473 e. The van der Waals surface area contributed by atoms with Crippen LogP contribution in [0.5, 0.6) is 0 Å². The molecule has 188 valence electrons. The molecule has 2 aliphatic rings. The molecule has 0 aromatic heterocycles. The zero-order valence-corrected chi connectivity index (χ0v) is 18.9. The monoisotopic (exact) mass is 490 g/mol. The quantitative estimate of drug-likeness (QED) is 0.341. The van der Waals surface area contributed by atoms with E-state index in [0.29, 0.717) is 12.0 Å². The van der Waals surface area contributed by atoms with Crippen LogP contribution in [0.3, 0.4) is 0 Å². The SMILES string of the molecule is CNC[C@H]1CC[C@@H]2c3ccccc3Cc3ccc(F)cc3[C@H]2N1.O=C(O)C(=O)O.O=C(O)C(=O)O. The maximum atomic E-state index is 13.9. The lowest BCUT2D eigenvalue weighted by molar-refractivity contribution is -0.159. The van der Waals surface area contributed by atoms with Gasteiger partial charge in [-0.25, -0.2) is 23.6 Å². The van der Waals surface area contributed by atoms with Crippen LogP contribution in [-0.4, -0.2) is 63.9 Å². The topological polar surface area (TPSA) is 173 Å². The second kappa shape index (κ2) is 12.6. The molecule has 6 N–H and O–H groups in total. The molecule has 0 unspecified atom stereocenters. The number of benzene rings is 2. The van der Waals surface area contributed by atoms with E-state index in [-0.39, 0.29) is 11.9 Å². The van der Waals surface area contributed by atoms with Crippen LogP contribution < -0.4 is 10.6 Å². The first-order chi connectivity index (χ1) is 16.5. The Morgan fingerprint density at radius 2 is 1.46 bits per heavy atom. The third-order valence-corrected chi connectivity index (χ3v) is 5.74. The molecule has 1 saturated heterocycles. The molecule has 2 aromatic carbocycles. The summed E-state index contributed by atoms with van der Waals surface area (Å²) in [5.41, 5.74) is 5.22. The maximum Gasteiger partial charge on any atom is 0.414 e. The molecule has 11 heteroatoms. The second-order valence-electron chi connectivity index (χ2n) is 8.02. The average Bonchev–Trinajstić information content (AvgIpc) is 2.94. The number of halogens is 1. The number of hydrogen-bond donors (Lipinski definition) is 6. The number of fused-ring (bicyclic) bond motifs is 5. The summed E-state index contributed by atoms with van der Waals surface area (Å²) in [4.78, 5) is 36.4. The van der Waals surface area contributed by atoms with Crippen LogP contribution in [0.4, 0.5) is 4.39 Å². The average molecular weight is 490 g/mol. The molecule has 1 heterocycles. The highest BCUT2D eigenvalue weighted by atomic mass is 19.1. The highest BCUT2D eigenvalue weighted by Gasteiger charge is 2.36. The minimum absolute atomic E-state index is 0.133. The Bertz CT molecular complexity index is 1040. The van der Waals surface area contributed by atoms with Gasteiger partial charge in [0.1, 0.15) is 5.82 Å².